The first-order valence-corrected chi connectivity index (χ1v) is 5.59. The van der Waals surface area contributed by atoms with Crippen molar-refractivity contribution < 1.29 is 0 Å². The van der Waals surface area contributed by atoms with E-state index in [0.29, 0.717) is 6.04 Å². The van der Waals surface area contributed by atoms with Crippen LogP contribution in [-0.2, 0) is 0 Å². The zero-order chi connectivity index (χ0) is 9.80. The molecule has 1 aromatic carbocycles. The monoisotopic (exact) mass is 203 g/mol. The van der Waals surface area contributed by atoms with Crippen molar-refractivity contribution in [1.29, 1.82) is 0 Å². The van der Waals surface area contributed by atoms with Crippen LogP contribution in [0.2, 0.25) is 0 Å². The molecule has 0 saturated heterocycles. The van der Waals surface area contributed by atoms with Gasteiger partial charge < -0.3 is 5.32 Å². The molecule has 0 aliphatic rings. The standard InChI is InChI=1S/C12H13NS/c1-10(12-8-5-9-14-12)13-11-6-3-2-4-7-11/h2-10,13H,1H3. The lowest BCUT2D eigenvalue weighted by molar-refractivity contribution is 0.908. The summed E-state index contributed by atoms with van der Waals surface area (Å²) in [4.78, 5) is 1.37. The minimum atomic E-state index is 0.386. The van der Waals surface area contributed by atoms with Crippen LogP contribution in [0.25, 0.3) is 0 Å². The summed E-state index contributed by atoms with van der Waals surface area (Å²) in [6.07, 6.45) is 0. The number of nitrogens with one attached hydrogen (secondary N) is 1. The lowest BCUT2D eigenvalue weighted by Crippen LogP contribution is -2.04. The minimum absolute atomic E-state index is 0.386. The van der Waals surface area contributed by atoms with Crippen molar-refractivity contribution in [3.63, 3.8) is 0 Å². The van der Waals surface area contributed by atoms with Crippen molar-refractivity contribution >= 4 is 17.0 Å². The largest absolute Gasteiger partial charge is 0.378 e. The fourth-order valence-corrected chi connectivity index (χ4v) is 2.13. The fourth-order valence-electron chi connectivity index (χ4n) is 1.39. The van der Waals surface area contributed by atoms with Gasteiger partial charge in [-0.15, -0.1) is 11.3 Å². The van der Waals surface area contributed by atoms with Crippen molar-refractivity contribution in [2.24, 2.45) is 0 Å². The van der Waals surface area contributed by atoms with Gasteiger partial charge in [0.25, 0.3) is 0 Å². The highest BCUT2D eigenvalue weighted by Crippen LogP contribution is 2.22. The average molecular weight is 203 g/mol. The second kappa shape index (κ2) is 4.29. The van der Waals surface area contributed by atoms with Crippen LogP contribution >= 0.6 is 11.3 Å². The first kappa shape index (κ1) is 9.28. The molecule has 1 unspecified atom stereocenters. The van der Waals surface area contributed by atoms with Crippen molar-refractivity contribution in [3.05, 3.63) is 52.7 Å². The number of hydrogen-bond donors (Lipinski definition) is 1. The SMILES string of the molecule is CC(Nc1ccccc1)c1cccs1. The molecular weight excluding hydrogens is 190 g/mol. The molecule has 0 aliphatic carbocycles. The minimum Gasteiger partial charge on any atom is -0.378 e. The first-order chi connectivity index (χ1) is 6.86. The van der Waals surface area contributed by atoms with E-state index in [9.17, 15) is 0 Å². The number of benzene rings is 1. The first-order valence-electron chi connectivity index (χ1n) is 4.71. The summed E-state index contributed by atoms with van der Waals surface area (Å²) in [6, 6.07) is 14.9. The second-order valence-corrected chi connectivity index (χ2v) is 4.23. The number of anilines is 1. The van der Waals surface area contributed by atoms with E-state index in [0.717, 1.165) is 0 Å². The van der Waals surface area contributed by atoms with Gasteiger partial charge in [-0.1, -0.05) is 24.3 Å². The molecule has 0 radical (unpaired) electrons. The number of hydrogen-bond acceptors (Lipinski definition) is 2. The molecule has 2 heteroatoms. The van der Waals surface area contributed by atoms with Gasteiger partial charge in [0, 0.05) is 10.6 Å². The van der Waals surface area contributed by atoms with Crippen LogP contribution in [-0.4, -0.2) is 0 Å². The number of rotatable bonds is 3. The summed E-state index contributed by atoms with van der Waals surface area (Å²) < 4.78 is 0. The molecule has 1 heterocycles. The third-order valence-corrected chi connectivity index (χ3v) is 3.18. The molecule has 0 aliphatic heterocycles. The average Bonchev–Trinajstić information content (AvgIpc) is 2.72. The van der Waals surface area contributed by atoms with E-state index < -0.39 is 0 Å². The van der Waals surface area contributed by atoms with Crippen LogP contribution in [0, 0.1) is 0 Å². The molecule has 14 heavy (non-hydrogen) atoms. The molecular formula is C12H13NS. The number of para-hydroxylation sites is 1. The Labute approximate surface area is 88.4 Å². The Balaban J connectivity index is 2.06. The van der Waals surface area contributed by atoms with Crippen LogP contribution in [0.5, 0.6) is 0 Å². The normalized spacial score (nSPS) is 12.4. The van der Waals surface area contributed by atoms with E-state index in [-0.39, 0.29) is 0 Å². The number of thiophene rings is 1. The Morgan fingerprint density at radius 1 is 1.07 bits per heavy atom. The Bertz CT molecular complexity index is 366. The molecule has 0 saturated carbocycles. The zero-order valence-electron chi connectivity index (χ0n) is 8.10. The van der Waals surface area contributed by atoms with E-state index in [4.69, 9.17) is 0 Å². The highest BCUT2D eigenvalue weighted by atomic mass is 32.1. The molecule has 72 valence electrons. The van der Waals surface area contributed by atoms with Crippen molar-refractivity contribution in [2.45, 2.75) is 13.0 Å². The predicted molar refractivity (Wildman–Crippen MR) is 62.8 cm³/mol. The topological polar surface area (TPSA) is 12.0 Å². The van der Waals surface area contributed by atoms with Gasteiger partial charge in [-0.25, -0.2) is 0 Å². The maximum absolute atomic E-state index is 3.45. The lowest BCUT2D eigenvalue weighted by Gasteiger charge is -2.13. The summed E-state index contributed by atoms with van der Waals surface area (Å²) in [6.45, 7) is 2.18. The smallest absolute Gasteiger partial charge is 0.0578 e. The van der Waals surface area contributed by atoms with Crippen molar-refractivity contribution in [3.8, 4) is 0 Å². The van der Waals surface area contributed by atoms with Gasteiger partial charge in [0.15, 0.2) is 0 Å². The van der Waals surface area contributed by atoms with Gasteiger partial charge >= 0.3 is 0 Å². The second-order valence-electron chi connectivity index (χ2n) is 3.25. The molecule has 1 N–H and O–H groups in total. The molecule has 1 nitrogen and oxygen atoms in total. The molecule has 2 aromatic rings. The third kappa shape index (κ3) is 2.15. The molecule has 0 spiro atoms. The lowest BCUT2D eigenvalue weighted by atomic mass is 10.2. The molecule has 1 aromatic heterocycles. The van der Waals surface area contributed by atoms with E-state index >= 15 is 0 Å². The highest BCUT2D eigenvalue weighted by molar-refractivity contribution is 7.10. The van der Waals surface area contributed by atoms with E-state index in [1.165, 1.54) is 10.6 Å². The Morgan fingerprint density at radius 3 is 2.50 bits per heavy atom. The Kier molecular flexibility index (Phi) is 2.84. The third-order valence-electron chi connectivity index (χ3n) is 2.13. The summed E-state index contributed by atoms with van der Waals surface area (Å²) in [7, 11) is 0. The summed E-state index contributed by atoms with van der Waals surface area (Å²) in [5.74, 6) is 0. The Hall–Kier alpha value is -1.28. The molecule has 2 rings (SSSR count). The van der Waals surface area contributed by atoms with E-state index in [1.54, 1.807) is 11.3 Å². The molecule has 0 fully saturated rings. The zero-order valence-corrected chi connectivity index (χ0v) is 8.92. The summed E-state index contributed by atoms with van der Waals surface area (Å²) >= 11 is 1.79. The van der Waals surface area contributed by atoms with Crippen LogP contribution < -0.4 is 5.32 Å². The van der Waals surface area contributed by atoms with Gasteiger partial charge in [0.1, 0.15) is 0 Å². The van der Waals surface area contributed by atoms with Gasteiger partial charge in [0.05, 0.1) is 6.04 Å². The quantitative estimate of drug-likeness (QED) is 0.797. The fraction of sp³-hybridized carbons (Fsp3) is 0.167. The molecule has 0 bridgehead atoms. The van der Waals surface area contributed by atoms with Crippen LogP contribution in [0.15, 0.2) is 47.8 Å². The van der Waals surface area contributed by atoms with Crippen LogP contribution in [0.3, 0.4) is 0 Å². The van der Waals surface area contributed by atoms with Crippen LogP contribution in [0.4, 0.5) is 5.69 Å². The van der Waals surface area contributed by atoms with E-state index in [1.807, 2.05) is 18.2 Å². The predicted octanol–water partition coefficient (Wildman–Crippen LogP) is 3.92. The summed E-state index contributed by atoms with van der Waals surface area (Å²) in [5, 5.41) is 5.56. The maximum atomic E-state index is 3.45. The van der Waals surface area contributed by atoms with Crippen molar-refractivity contribution in [2.75, 3.05) is 5.32 Å². The highest BCUT2D eigenvalue weighted by Gasteiger charge is 2.04. The van der Waals surface area contributed by atoms with Crippen molar-refractivity contribution in [1.82, 2.24) is 0 Å². The van der Waals surface area contributed by atoms with Gasteiger partial charge in [-0.3, -0.25) is 0 Å². The molecule has 1 atom stereocenters. The molecule has 0 amide bonds. The van der Waals surface area contributed by atoms with Gasteiger partial charge in [-0.2, -0.15) is 0 Å². The van der Waals surface area contributed by atoms with Gasteiger partial charge in [-0.05, 0) is 30.5 Å². The maximum Gasteiger partial charge on any atom is 0.0578 e. The Morgan fingerprint density at radius 2 is 1.86 bits per heavy atom. The van der Waals surface area contributed by atoms with Gasteiger partial charge in [0.2, 0.25) is 0 Å². The van der Waals surface area contributed by atoms with Crippen LogP contribution in [0.1, 0.15) is 17.8 Å². The van der Waals surface area contributed by atoms with E-state index in [2.05, 4.69) is 41.9 Å². The summed E-state index contributed by atoms with van der Waals surface area (Å²) in [5.41, 5.74) is 1.17.